The Bertz CT molecular complexity index is 912. The SMILES string of the molecule is Cc1oc(-c2cccc(Cl)c2)nc1CN1CCCC(C(=O)NC2CCCC(C)C2C)C1. The number of piperidine rings is 1. The molecule has 0 spiro atoms. The van der Waals surface area contributed by atoms with Gasteiger partial charge in [0.1, 0.15) is 5.76 Å². The van der Waals surface area contributed by atoms with Crippen molar-refractivity contribution in [1.29, 1.82) is 0 Å². The van der Waals surface area contributed by atoms with Gasteiger partial charge in [-0.25, -0.2) is 4.98 Å². The van der Waals surface area contributed by atoms with E-state index in [-0.39, 0.29) is 11.8 Å². The zero-order valence-corrected chi connectivity index (χ0v) is 19.6. The van der Waals surface area contributed by atoms with Gasteiger partial charge < -0.3 is 9.73 Å². The van der Waals surface area contributed by atoms with E-state index in [0.29, 0.717) is 35.3 Å². The number of benzene rings is 1. The van der Waals surface area contributed by atoms with Gasteiger partial charge in [-0.05, 0) is 62.8 Å². The molecule has 31 heavy (non-hydrogen) atoms. The largest absolute Gasteiger partial charge is 0.441 e. The smallest absolute Gasteiger partial charge is 0.226 e. The van der Waals surface area contributed by atoms with E-state index in [4.69, 9.17) is 21.0 Å². The normalized spacial score (nSPS) is 27.2. The van der Waals surface area contributed by atoms with E-state index in [9.17, 15) is 4.79 Å². The maximum absolute atomic E-state index is 13.0. The maximum atomic E-state index is 13.0. The van der Waals surface area contributed by atoms with Crippen molar-refractivity contribution < 1.29 is 9.21 Å². The molecule has 1 aromatic carbocycles. The first-order valence-electron chi connectivity index (χ1n) is 11.7. The van der Waals surface area contributed by atoms with Crippen LogP contribution in [0.5, 0.6) is 0 Å². The summed E-state index contributed by atoms with van der Waals surface area (Å²) in [6.45, 7) is 9.02. The molecule has 1 aliphatic heterocycles. The third-order valence-corrected chi connectivity index (χ3v) is 7.48. The summed E-state index contributed by atoms with van der Waals surface area (Å²) in [5.41, 5.74) is 1.82. The molecule has 0 bridgehead atoms. The molecular weight excluding hydrogens is 410 g/mol. The van der Waals surface area contributed by atoms with Gasteiger partial charge in [-0.3, -0.25) is 9.69 Å². The Balaban J connectivity index is 1.37. The molecule has 1 aliphatic carbocycles. The molecule has 5 nitrogen and oxygen atoms in total. The molecule has 6 heteroatoms. The van der Waals surface area contributed by atoms with E-state index < -0.39 is 0 Å². The van der Waals surface area contributed by atoms with Crippen LogP contribution in [0.25, 0.3) is 11.5 Å². The van der Waals surface area contributed by atoms with Gasteiger partial charge in [-0.15, -0.1) is 0 Å². The van der Waals surface area contributed by atoms with Gasteiger partial charge in [0, 0.05) is 29.7 Å². The van der Waals surface area contributed by atoms with E-state index in [1.165, 1.54) is 12.8 Å². The first kappa shape index (κ1) is 22.3. The fourth-order valence-electron chi connectivity index (χ4n) is 5.03. The van der Waals surface area contributed by atoms with E-state index in [2.05, 4.69) is 24.1 Å². The van der Waals surface area contributed by atoms with Crippen LogP contribution in [0.4, 0.5) is 0 Å². The molecule has 1 saturated heterocycles. The van der Waals surface area contributed by atoms with Crippen molar-refractivity contribution in [2.45, 2.75) is 65.5 Å². The van der Waals surface area contributed by atoms with Crippen LogP contribution in [0.15, 0.2) is 28.7 Å². The molecule has 2 fully saturated rings. The van der Waals surface area contributed by atoms with Crippen LogP contribution in [0.2, 0.25) is 5.02 Å². The summed E-state index contributed by atoms with van der Waals surface area (Å²) in [4.78, 5) is 20.1. The second-order valence-electron chi connectivity index (χ2n) is 9.49. The maximum Gasteiger partial charge on any atom is 0.226 e. The standard InChI is InChI=1S/C25H34ClN3O2/c1-16-7-4-11-22(17(16)2)27-24(30)20-9-6-12-29(14-20)15-23-18(3)31-25(28-23)19-8-5-10-21(26)13-19/h5,8,10,13,16-17,20,22H,4,6-7,9,11-12,14-15H2,1-3H3,(H,27,30). The summed E-state index contributed by atoms with van der Waals surface area (Å²) >= 11 is 6.11. The number of hydrogen-bond donors (Lipinski definition) is 1. The molecular formula is C25H34ClN3O2. The lowest BCUT2D eigenvalue weighted by atomic mass is 9.78. The summed E-state index contributed by atoms with van der Waals surface area (Å²) in [6, 6.07) is 7.89. The highest BCUT2D eigenvalue weighted by molar-refractivity contribution is 6.30. The number of hydrogen-bond acceptors (Lipinski definition) is 4. The molecule has 4 rings (SSSR count). The lowest BCUT2D eigenvalue weighted by molar-refractivity contribution is -0.128. The minimum absolute atomic E-state index is 0.0535. The Kier molecular flexibility index (Phi) is 7.02. The molecule has 4 unspecified atom stereocenters. The summed E-state index contributed by atoms with van der Waals surface area (Å²) < 4.78 is 5.92. The second-order valence-corrected chi connectivity index (χ2v) is 9.93. The highest BCUT2D eigenvalue weighted by Crippen LogP contribution is 2.30. The molecule has 168 valence electrons. The Hall–Kier alpha value is -1.85. The topological polar surface area (TPSA) is 58.4 Å². The van der Waals surface area contributed by atoms with Crippen molar-refractivity contribution in [3.63, 3.8) is 0 Å². The summed E-state index contributed by atoms with van der Waals surface area (Å²) in [5.74, 6) is 2.95. The summed E-state index contributed by atoms with van der Waals surface area (Å²) in [7, 11) is 0. The molecule has 4 atom stereocenters. The van der Waals surface area contributed by atoms with Crippen molar-refractivity contribution >= 4 is 17.5 Å². The van der Waals surface area contributed by atoms with Crippen LogP contribution in [-0.2, 0) is 11.3 Å². The number of oxazole rings is 1. The van der Waals surface area contributed by atoms with Crippen LogP contribution < -0.4 is 5.32 Å². The average molecular weight is 444 g/mol. The number of halogens is 1. The van der Waals surface area contributed by atoms with Crippen LogP contribution in [0.1, 0.15) is 57.4 Å². The van der Waals surface area contributed by atoms with Crippen LogP contribution in [0.3, 0.4) is 0 Å². The molecule has 2 aliphatic rings. The number of nitrogens with one attached hydrogen (secondary N) is 1. The fourth-order valence-corrected chi connectivity index (χ4v) is 5.22. The number of carbonyl (C=O) groups excluding carboxylic acids is 1. The summed E-state index contributed by atoms with van der Waals surface area (Å²) in [6.07, 6.45) is 5.60. The van der Waals surface area contributed by atoms with Gasteiger partial charge >= 0.3 is 0 Å². The third-order valence-electron chi connectivity index (χ3n) is 7.25. The Morgan fingerprint density at radius 2 is 2.10 bits per heavy atom. The van der Waals surface area contributed by atoms with Crippen LogP contribution in [0, 0.1) is 24.7 Å². The predicted octanol–water partition coefficient (Wildman–Crippen LogP) is 5.46. The van der Waals surface area contributed by atoms with Gasteiger partial charge in [0.25, 0.3) is 0 Å². The number of nitrogens with zero attached hydrogens (tertiary/aromatic N) is 2. The minimum atomic E-state index is 0.0535. The van der Waals surface area contributed by atoms with Crippen molar-refractivity contribution in [2.24, 2.45) is 17.8 Å². The number of aryl methyl sites for hydroxylation is 1. The van der Waals surface area contributed by atoms with Gasteiger partial charge in [-0.2, -0.15) is 0 Å². The number of carbonyl (C=O) groups is 1. The molecule has 1 saturated carbocycles. The van der Waals surface area contributed by atoms with Gasteiger partial charge in [0.15, 0.2) is 0 Å². The average Bonchev–Trinajstić information content (AvgIpc) is 3.12. The molecule has 1 amide bonds. The highest BCUT2D eigenvalue weighted by Gasteiger charge is 2.32. The van der Waals surface area contributed by atoms with Crippen LogP contribution >= 0.6 is 11.6 Å². The van der Waals surface area contributed by atoms with Gasteiger partial charge in [-0.1, -0.05) is 44.4 Å². The number of rotatable bonds is 5. The number of amides is 1. The molecule has 2 aromatic rings. The molecule has 1 aromatic heterocycles. The minimum Gasteiger partial charge on any atom is -0.441 e. The molecule has 2 heterocycles. The number of likely N-dealkylation sites (tertiary alicyclic amines) is 1. The lowest BCUT2D eigenvalue weighted by Crippen LogP contribution is -2.49. The fraction of sp³-hybridized carbons (Fsp3) is 0.600. The monoisotopic (exact) mass is 443 g/mol. The third kappa shape index (κ3) is 5.32. The van der Waals surface area contributed by atoms with Gasteiger partial charge in [0.05, 0.1) is 11.6 Å². The zero-order chi connectivity index (χ0) is 22.0. The molecule has 1 N–H and O–H groups in total. The highest BCUT2D eigenvalue weighted by atomic mass is 35.5. The van der Waals surface area contributed by atoms with Crippen molar-refractivity contribution in [3.8, 4) is 11.5 Å². The summed E-state index contributed by atoms with van der Waals surface area (Å²) in [5, 5.41) is 4.05. The van der Waals surface area contributed by atoms with E-state index in [0.717, 1.165) is 49.4 Å². The van der Waals surface area contributed by atoms with Crippen molar-refractivity contribution in [1.82, 2.24) is 15.2 Å². The van der Waals surface area contributed by atoms with Crippen molar-refractivity contribution in [3.05, 3.63) is 40.7 Å². The van der Waals surface area contributed by atoms with Crippen LogP contribution in [-0.4, -0.2) is 34.9 Å². The van der Waals surface area contributed by atoms with Gasteiger partial charge in [0.2, 0.25) is 11.8 Å². The second kappa shape index (κ2) is 9.74. The Morgan fingerprint density at radius 1 is 1.26 bits per heavy atom. The Morgan fingerprint density at radius 3 is 2.90 bits per heavy atom. The van der Waals surface area contributed by atoms with E-state index >= 15 is 0 Å². The quantitative estimate of drug-likeness (QED) is 0.666. The van der Waals surface area contributed by atoms with E-state index in [1.54, 1.807) is 0 Å². The predicted molar refractivity (Wildman–Crippen MR) is 124 cm³/mol. The van der Waals surface area contributed by atoms with Crippen molar-refractivity contribution in [2.75, 3.05) is 13.1 Å². The lowest BCUT2D eigenvalue weighted by Gasteiger charge is -2.37. The zero-order valence-electron chi connectivity index (χ0n) is 18.9. The Labute approximate surface area is 190 Å². The first-order chi connectivity index (χ1) is 14.9. The first-order valence-corrected chi connectivity index (χ1v) is 12.0. The molecule has 0 radical (unpaired) electrons. The van der Waals surface area contributed by atoms with E-state index in [1.807, 2.05) is 31.2 Å². The number of aromatic nitrogens is 1.